The Kier molecular flexibility index (Phi) is 5.68. The molecule has 0 fully saturated rings. The molecule has 0 aliphatic rings. The number of aliphatic hydroxyl groups excluding tert-OH is 1. The second-order valence-electron chi connectivity index (χ2n) is 3.98. The van der Waals surface area contributed by atoms with E-state index in [9.17, 15) is 18.0 Å². The minimum atomic E-state index is -4.40. The van der Waals surface area contributed by atoms with Crippen molar-refractivity contribution in [3.8, 4) is 0 Å². The van der Waals surface area contributed by atoms with Gasteiger partial charge < -0.3 is 10.4 Å². The Morgan fingerprint density at radius 3 is 2.63 bits per heavy atom. The molecule has 1 rings (SSSR count). The molecule has 0 aliphatic carbocycles. The molecule has 1 atom stereocenters. The fraction of sp³-hybridized carbons (Fsp3) is 0.417. The number of nitrogens with one attached hydrogen (secondary N) is 1. The molecule has 2 N–H and O–H groups in total. The summed E-state index contributed by atoms with van der Waals surface area (Å²) >= 11 is -0.270. The van der Waals surface area contributed by atoms with Crippen LogP contribution in [0.1, 0.15) is 19.8 Å². The number of carbonyl (C=O) groups excluding carboxylic acids is 1. The van der Waals surface area contributed by atoms with Gasteiger partial charge >= 0.3 is 5.51 Å². The van der Waals surface area contributed by atoms with Gasteiger partial charge in [0.15, 0.2) is 0 Å². The smallest absolute Gasteiger partial charge is 0.393 e. The molecule has 19 heavy (non-hydrogen) atoms. The molecule has 1 amide bonds. The third-order valence-corrected chi connectivity index (χ3v) is 2.98. The van der Waals surface area contributed by atoms with Gasteiger partial charge in [-0.05, 0) is 37.2 Å². The van der Waals surface area contributed by atoms with Crippen molar-refractivity contribution in [3.05, 3.63) is 24.3 Å². The Bertz CT molecular complexity index is 435. The number of anilines is 1. The molecule has 0 saturated heterocycles. The van der Waals surface area contributed by atoms with Crippen LogP contribution in [0.5, 0.6) is 0 Å². The minimum absolute atomic E-state index is 0.0552. The van der Waals surface area contributed by atoms with Crippen LogP contribution in [0.2, 0.25) is 0 Å². The molecule has 1 aromatic carbocycles. The summed E-state index contributed by atoms with van der Waals surface area (Å²) < 4.78 is 37.0. The molecule has 0 radical (unpaired) electrons. The van der Waals surface area contributed by atoms with Crippen molar-refractivity contribution in [2.24, 2.45) is 0 Å². The Morgan fingerprint density at radius 1 is 1.42 bits per heavy atom. The number of rotatable bonds is 5. The zero-order valence-corrected chi connectivity index (χ0v) is 11.0. The molecule has 0 heterocycles. The summed E-state index contributed by atoms with van der Waals surface area (Å²) in [5, 5.41) is 11.5. The van der Waals surface area contributed by atoms with Gasteiger partial charge in [-0.25, -0.2) is 0 Å². The van der Waals surface area contributed by atoms with Gasteiger partial charge in [-0.1, -0.05) is 12.1 Å². The number of para-hydroxylation sites is 1. The van der Waals surface area contributed by atoms with Crippen LogP contribution in [0.4, 0.5) is 18.9 Å². The lowest BCUT2D eigenvalue weighted by Crippen LogP contribution is -2.15. The third-order valence-electron chi connectivity index (χ3n) is 2.18. The van der Waals surface area contributed by atoms with Gasteiger partial charge in [-0.15, -0.1) is 0 Å². The van der Waals surface area contributed by atoms with E-state index in [0.717, 1.165) is 0 Å². The van der Waals surface area contributed by atoms with Crippen molar-refractivity contribution >= 4 is 23.4 Å². The van der Waals surface area contributed by atoms with Gasteiger partial charge in [0, 0.05) is 11.3 Å². The monoisotopic (exact) mass is 293 g/mol. The predicted octanol–water partition coefficient (Wildman–Crippen LogP) is 3.40. The van der Waals surface area contributed by atoms with Crippen LogP contribution in [0.25, 0.3) is 0 Å². The van der Waals surface area contributed by atoms with E-state index in [1.165, 1.54) is 18.2 Å². The number of aliphatic hydroxyl groups is 1. The maximum absolute atomic E-state index is 12.3. The van der Waals surface area contributed by atoms with Crippen molar-refractivity contribution in [1.29, 1.82) is 0 Å². The summed E-state index contributed by atoms with van der Waals surface area (Å²) in [5.74, 6) is -0.420. The van der Waals surface area contributed by atoms with E-state index in [4.69, 9.17) is 5.11 Å². The number of benzene rings is 1. The van der Waals surface area contributed by atoms with E-state index in [-0.39, 0.29) is 35.2 Å². The van der Waals surface area contributed by atoms with E-state index in [0.29, 0.717) is 0 Å². The number of halogens is 3. The van der Waals surface area contributed by atoms with Gasteiger partial charge in [-0.2, -0.15) is 13.2 Å². The number of hydrogen-bond acceptors (Lipinski definition) is 3. The predicted molar refractivity (Wildman–Crippen MR) is 67.9 cm³/mol. The van der Waals surface area contributed by atoms with Crippen LogP contribution < -0.4 is 5.32 Å². The van der Waals surface area contributed by atoms with Crippen molar-refractivity contribution < 1.29 is 23.1 Å². The average molecular weight is 293 g/mol. The molecule has 3 nitrogen and oxygen atoms in total. The minimum Gasteiger partial charge on any atom is -0.393 e. The Morgan fingerprint density at radius 2 is 2.05 bits per heavy atom. The number of hydrogen-bond donors (Lipinski definition) is 2. The largest absolute Gasteiger partial charge is 0.446 e. The molecule has 0 aliphatic heterocycles. The van der Waals surface area contributed by atoms with E-state index >= 15 is 0 Å². The van der Waals surface area contributed by atoms with Crippen LogP contribution in [-0.2, 0) is 4.79 Å². The highest BCUT2D eigenvalue weighted by atomic mass is 32.2. The molecule has 7 heteroatoms. The second-order valence-corrected chi connectivity index (χ2v) is 5.09. The van der Waals surface area contributed by atoms with E-state index < -0.39 is 17.5 Å². The maximum Gasteiger partial charge on any atom is 0.446 e. The van der Waals surface area contributed by atoms with E-state index in [1.54, 1.807) is 13.0 Å². The van der Waals surface area contributed by atoms with Crippen LogP contribution in [0, 0.1) is 0 Å². The Hall–Kier alpha value is -1.21. The quantitative estimate of drug-likeness (QED) is 0.818. The summed E-state index contributed by atoms with van der Waals surface area (Å²) in [6, 6.07) is 5.72. The topological polar surface area (TPSA) is 49.3 Å². The number of carbonyl (C=O) groups is 1. The van der Waals surface area contributed by atoms with Gasteiger partial charge in [0.2, 0.25) is 5.91 Å². The summed E-state index contributed by atoms with van der Waals surface area (Å²) in [7, 11) is 0. The normalized spacial score (nSPS) is 13.1. The fourth-order valence-corrected chi connectivity index (χ4v) is 1.96. The molecule has 1 unspecified atom stereocenters. The molecule has 0 spiro atoms. The van der Waals surface area contributed by atoms with Crippen molar-refractivity contribution in [1.82, 2.24) is 0 Å². The van der Waals surface area contributed by atoms with Crippen LogP contribution in [-0.4, -0.2) is 22.6 Å². The Balaban J connectivity index is 2.70. The van der Waals surface area contributed by atoms with Crippen LogP contribution in [0.3, 0.4) is 0 Å². The van der Waals surface area contributed by atoms with Crippen molar-refractivity contribution in [3.63, 3.8) is 0 Å². The summed E-state index contributed by atoms with van der Waals surface area (Å²) in [6.07, 6.45) is -0.297. The van der Waals surface area contributed by atoms with Crippen molar-refractivity contribution in [2.45, 2.75) is 36.3 Å². The zero-order valence-electron chi connectivity index (χ0n) is 10.2. The second kappa shape index (κ2) is 6.81. The molecule has 1 aromatic rings. The lowest BCUT2D eigenvalue weighted by atomic mass is 10.2. The van der Waals surface area contributed by atoms with E-state index in [2.05, 4.69) is 5.32 Å². The molecule has 106 valence electrons. The van der Waals surface area contributed by atoms with Crippen molar-refractivity contribution in [2.75, 3.05) is 5.32 Å². The lowest BCUT2D eigenvalue weighted by Gasteiger charge is -2.12. The first-order chi connectivity index (χ1) is 8.78. The number of alkyl halides is 3. The zero-order chi connectivity index (χ0) is 14.5. The first-order valence-corrected chi connectivity index (χ1v) is 6.42. The van der Waals surface area contributed by atoms with Gasteiger partial charge in [0.05, 0.1) is 11.8 Å². The number of amides is 1. The first kappa shape index (κ1) is 15.8. The highest BCUT2D eigenvalue weighted by molar-refractivity contribution is 8.00. The molecular weight excluding hydrogens is 279 g/mol. The molecule has 0 bridgehead atoms. The first-order valence-electron chi connectivity index (χ1n) is 5.60. The van der Waals surface area contributed by atoms with Gasteiger partial charge in [0.1, 0.15) is 0 Å². The maximum atomic E-state index is 12.3. The highest BCUT2D eigenvalue weighted by Crippen LogP contribution is 2.40. The lowest BCUT2D eigenvalue weighted by molar-refractivity contribution is -0.116. The van der Waals surface area contributed by atoms with Gasteiger partial charge in [-0.3, -0.25) is 4.79 Å². The summed E-state index contributed by atoms with van der Waals surface area (Å²) in [5.41, 5.74) is -4.28. The molecule has 0 saturated carbocycles. The fourth-order valence-electron chi connectivity index (χ4n) is 1.34. The average Bonchev–Trinajstić information content (AvgIpc) is 2.27. The third kappa shape index (κ3) is 6.49. The van der Waals surface area contributed by atoms with Gasteiger partial charge in [0.25, 0.3) is 0 Å². The molecular formula is C12H14F3NO2S. The Labute approximate surface area is 113 Å². The van der Waals surface area contributed by atoms with E-state index in [1.807, 2.05) is 0 Å². The summed E-state index contributed by atoms with van der Waals surface area (Å²) in [4.78, 5) is 11.5. The standard InChI is InChI=1S/C12H14F3NO2S/c1-8(17)6-7-11(18)16-9-4-2-3-5-10(9)19-12(13,14)15/h2-5,8,17H,6-7H2,1H3,(H,16,18). The SMILES string of the molecule is CC(O)CCC(=O)Nc1ccccc1SC(F)(F)F. The number of thioether (sulfide) groups is 1. The summed E-state index contributed by atoms with van der Waals surface area (Å²) in [6.45, 7) is 1.54. The van der Waals surface area contributed by atoms with Crippen LogP contribution in [0.15, 0.2) is 29.2 Å². The molecule has 0 aromatic heterocycles. The van der Waals surface area contributed by atoms with Crippen LogP contribution >= 0.6 is 11.8 Å². The highest BCUT2D eigenvalue weighted by Gasteiger charge is 2.30.